The smallest absolute Gasteiger partial charge is 0.270 e. The summed E-state index contributed by atoms with van der Waals surface area (Å²) in [5.41, 5.74) is 3.64. The molecule has 2 heterocycles. The number of nitrogens with one attached hydrogen (secondary N) is 2. The van der Waals surface area contributed by atoms with Crippen LogP contribution >= 0.6 is 0 Å². The number of rotatable bonds is 6. The van der Waals surface area contributed by atoms with Crippen molar-refractivity contribution in [1.29, 1.82) is 0 Å². The van der Waals surface area contributed by atoms with Gasteiger partial charge in [-0.3, -0.25) is 9.78 Å². The second-order valence-corrected chi connectivity index (χ2v) is 5.53. The Labute approximate surface area is 140 Å². The molecule has 0 aliphatic heterocycles. The number of furan rings is 1. The molecule has 0 unspecified atom stereocenters. The van der Waals surface area contributed by atoms with E-state index in [4.69, 9.17) is 4.42 Å². The average molecular weight is 321 g/mol. The number of carbonyl (C=O) groups is 1. The van der Waals surface area contributed by atoms with E-state index in [9.17, 15) is 4.79 Å². The zero-order chi connectivity index (χ0) is 16.8. The van der Waals surface area contributed by atoms with Crippen molar-refractivity contribution in [3.05, 3.63) is 83.6 Å². The van der Waals surface area contributed by atoms with Gasteiger partial charge in [-0.05, 0) is 36.8 Å². The van der Waals surface area contributed by atoms with Crippen LogP contribution in [0.25, 0.3) is 0 Å². The lowest BCUT2D eigenvalue weighted by Gasteiger charge is -2.09. The number of carbonyl (C=O) groups excluding carboxylic acids is 1. The molecule has 0 aliphatic carbocycles. The Morgan fingerprint density at radius 1 is 1.12 bits per heavy atom. The highest BCUT2D eigenvalue weighted by molar-refractivity contribution is 5.93. The van der Waals surface area contributed by atoms with Crippen LogP contribution in [0, 0.1) is 6.92 Å². The van der Waals surface area contributed by atoms with E-state index in [0.717, 1.165) is 5.69 Å². The summed E-state index contributed by atoms with van der Waals surface area (Å²) in [7, 11) is 0. The number of aromatic nitrogens is 1. The van der Waals surface area contributed by atoms with Crippen molar-refractivity contribution in [3.63, 3.8) is 0 Å². The topological polar surface area (TPSA) is 67.2 Å². The average Bonchev–Trinajstić information content (AvgIpc) is 3.12. The van der Waals surface area contributed by atoms with Crippen LogP contribution in [0.3, 0.4) is 0 Å². The molecule has 0 radical (unpaired) electrons. The second kappa shape index (κ2) is 7.46. The van der Waals surface area contributed by atoms with Crippen LogP contribution in [-0.4, -0.2) is 10.9 Å². The number of aryl methyl sites for hydroxylation is 1. The van der Waals surface area contributed by atoms with Crippen LogP contribution in [0.5, 0.6) is 0 Å². The molecule has 1 aromatic carbocycles. The first-order valence-electron chi connectivity index (χ1n) is 7.77. The van der Waals surface area contributed by atoms with Gasteiger partial charge in [0, 0.05) is 18.4 Å². The standard InChI is InChI=1S/C19H19N3O2/c1-14-4-2-5-15(10-14)12-21-16-7-8-20-18(11-16)19(23)22-13-17-6-3-9-24-17/h2-11H,12-13H2,1H3,(H,20,21)(H,22,23). The van der Waals surface area contributed by atoms with E-state index in [1.165, 1.54) is 11.1 Å². The first-order valence-corrected chi connectivity index (χ1v) is 7.77. The minimum Gasteiger partial charge on any atom is -0.467 e. The lowest BCUT2D eigenvalue weighted by molar-refractivity contribution is 0.0943. The molecular formula is C19H19N3O2. The van der Waals surface area contributed by atoms with E-state index in [1.807, 2.05) is 18.2 Å². The monoisotopic (exact) mass is 321 g/mol. The molecule has 0 atom stereocenters. The summed E-state index contributed by atoms with van der Waals surface area (Å²) in [5.74, 6) is 0.475. The van der Waals surface area contributed by atoms with Crippen molar-refractivity contribution in [1.82, 2.24) is 10.3 Å². The van der Waals surface area contributed by atoms with Gasteiger partial charge in [-0.15, -0.1) is 0 Å². The van der Waals surface area contributed by atoms with Gasteiger partial charge in [0.15, 0.2) is 0 Å². The van der Waals surface area contributed by atoms with Crippen molar-refractivity contribution in [3.8, 4) is 0 Å². The Morgan fingerprint density at radius 3 is 2.83 bits per heavy atom. The summed E-state index contributed by atoms with van der Waals surface area (Å²) in [6.45, 7) is 3.10. The largest absolute Gasteiger partial charge is 0.467 e. The Morgan fingerprint density at radius 2 is 2.04 bits per heavy atom. The molecule has 0 bridgehead atoms. The molecule has 2 N–H and O–H groups in total. The van der Waals surface area contributed by atoms with Gasteiger partial charge in [-0.1, -0.05) is 29.8 Å². The number of nitrogens with zero attached hydrogens (tertiary/aromatic N) is 1. The van der Waals surface area contributed by atoms with Gasteiger partial charge in [0.2, 0.25) is 0 Å². The van der Waals surface area contributed by atoms with Crippen molar-refractivity contribution >= 4 is 11.6 Å². The third-order valence-electron chi connectivity index (χ3n) is 3.57. The van der Waals surface area contributed by atoms with Crippen molar-refractivity contribution in [2.45, 2.75) is 20.0 Å². The lowest BCUT2D eigenvalue weighted by Crippen LogP contribution is -2.23. The van der Waals surface area contributed by atoms with Crippen molar-refractivity contribution in [2.24, 2.45) is 0 Å². The summed E-state index contributed by atoms with van der Waals surface area (Å²) >= 11 is 0. The molecule has 1 amide bonds. The van der Waals surface area contributed by atoms with Gasteiger partial charge < -0.3 is 15.1 Å². The zero-order valence-corrected chi connectivity index (χ0v) is 13.5. The molecule has 0 spiro atoms. The maximum Gasteiger partial charge on any atom is 0.270 e. The third-order valence-corrected chi connectivity index (χ3v) is 3.57. The molecule has 0 aliphatic rings. The SMILES string of the molecule is Cc1cccc(CNc2ccnc(C(=O)NCc3ccco3)c2)c1. The van der Waals surface area contributed by atoms with Crippen LogP contribution in [0.4, 0.5) is 5.69 Å². The highest BCUT2D eigenvalue weighted by Gasteiger charge is 2.08. The highest BCUT2D eigenvalue weighted by Crippen LogP contribution is 2.11. The molecule has 3 aromatic rings. The van der Waals surface area contributed by atoms with Crippen molar-refractivity contribution < 1.29 is 9.21 Å². The Balaban J connectivity index is 1.60. The zero-order valence-electron chi connectivity index (χ0n) is 13.5. The summed E-state index contributed by atoms with van der Waals surface area (Å²) in [4.78, 5) is 16.3. The fourth-order valence-electron chi connectivity index (χ4n) is 2.36. The van der Waals surface area contributed by atoms with Crippen LogP contribution in [0.15, 0.2) is 65.4 Å². The van der Waals surface area contributed by atoms with Gasteiger partial charge in [-0.2, -0.15) is 0 Å². The van der Waals surface area contributed by atoms with Gasteiger partial charge >= 0.3 is 0 Å². The maximum absolute atomic E-state index is 12.2. The van der Waals surface area contributed by atoms with E-state index < -0.39 is 0 Å². The number of pyridine rings is 1. The molecule has 2 aromatic heterocycles. The third kappa shape index (κ3) is 4.23. The lowest BCUT2D eigenvalue weighted by atomic mass is 10.1. The molecule has 3 rings (SSSR count). The van der Waals surface area contributed by atoms with Gasteiger partial charge in [0.25, 0.3) is 5.91 Å². The van der Waals surface area contributed by atoms with E-state index >= 15 is 0 Å². The highest BCUT2D eigenvalue weighted by atomic mass is 16.3. The summed E-state index contributed by atoms with van der Waals surface area (Å²) in [5, 5.41) is 6.10. The maximum atomic E-state index is 12.2. The second-order valence-electron chi connectivity index (χ2n) is 5.53. The Kier molecular flexibility index (Phi) is 4.91. The number of hydrogen-bond donors (Lipinski definition) is 2. The number of anilines is 1. The molecule has 5 nitrogen and oxygen atoms in total. The number of benzene rings is 1. The van der Waals surface area contributed by atoms with Crippen LogP contribution in [0.1, 0.15) is 27.4 Å². The van der Waals surface area contributed by atoms with Crippen LogP contribution in [-0.2, 0) is 13.1 Å². The molecule has 0 fully saturated rings. The fourth-order valence-corrected chi connectivity index (χ4v) is 2.36. The molecule has 122 valence electrons. The first-order chi connectivity index (χ1) is 11.7. The van der Waals surface area contributed by atoms with E-state index in [-0.39, 0.29) is 5.91 Å². The van der Waals surface area contributed by atoms with Gasteiger partial charge in [0.1, 0.15) is 11.5 Å². The number of amides is 1. The van der Waals surface area contributed by atoms with Crippen molar-refractivity contribution in [2.75, 3.05) is 5.32 Å². The molecule has 0 saturated carbocycles. The van der Waals surface area contributed by atoms with Gasteiger partial charge in [-0.25, -0.2) is 0 Å². The Bertz CT molecular complexity index is 813. The molecule has 24 heavy (non-hydrogen) atoms. The normalized spacial score (nSPS) is 10.4. The Hall–Kier alpha value is -3.08. The number of hydrogen-bond acceptors (Lipinski definition) is 4. The molecular weight excluding hydrogens is 302 g/mol. The van der Waals surface area contributed by atoms with Gasteiger partial charge in [0.05, 0.1) is 12.8 Å². The first kappa shape index (κ1) is 15.8. The predicted octanol–water partition coefficient (Wildman–Crippen LogP) is 3.53. The van der Waals surface area contributed by atoms with E-state index in [2.05, 4.69) is 40.7 Å². The summed E-state index contributed by atoms with van der Waals surface area (Å²) in [6.07, 6.45) is 3.20. The minimum atomic E-state index is -0.231. The summed E-state index contributed by atoms with van der Waals surface area (Å²) in [6, 6.07) is 15.5. The quantitative estimate of drug-likeness (QED) is 0.729. The van der Waals surface area contributed by atoms with E-state index in [1.54, 1.807) is 24.6 Å². The molecule has 5 heteroatoms. The summed E-state index contributed by atoms with van der Waals surface area (Å²) < 4.78 is 5.19. The molecule has 0 saturated heterocycles. The minimum absolute atomic E-state index is 0.231. The van der Waals surface area contributed by atoms with E-state index in [0.29, 0.717) is 24.5 Å². The predicted molar refractivity (Wildman–Crippen MR) is 92.6 cm³/mol. The fraction of sp³-hybridized carbons (Fsp3) is 0.158. The van der Waals surface area contributed by atoms with Crippen LogP contribution in [0.2, 0.25) is 0 Å². The van der Waals surface area contributed by atoms with Crippen LogP contribution < -0.4 is 10.6 Å².